The minimum absolute atomic E-state index is 0.0372. The largest absolute Gasteiger partial charge is 0.351 e. The van der Waals surface area contributed by atoms with Gasteiger partial charge in [0.05, 0.1) is 6.04 Å². The summed E-state index contributed by atoms with van der Waals surface area (Å²) in [4.78, 5) is 30.7. The van der Waals surface area contributed by atoms with Crippen LogP contribution in [0.2, 0.25) is 0 Å². The van der Waals surface area contributed by atoms with Gasteiger partial charge in [0.15, 0.2) is 6.29 Å². The molecule has 0 bridgehead atoms. The van der Waals surface area contributed by atoms with Crippen LogP contribution in [0.1, 0.15) is 50.7 Å². The summed E-state index contributed by atoms with van der Waals surface area (Å²) in [5.41, 5.74) is 2.54. The summed E-state index contributed by atoms with van der Waals surface area (Å²) in [6.07, 6.45) is 4.66. The molecule has 30 heavy (non-hydrogen) atoms. The molecule has 164 valence electrons. The summed E-state index contributed by atoms with van der Waals surface area (Å²) in [5.74, 6) is 0.178. The van der Waals surface area contributed by atoms with Crippen LogP contribution >= 0.6 is 0 Å². The maximum Gasteiger partial charge on any atom is 0.245 e. The van der Waals surface area contributed by atoms with E-state index < -0.39 is 0 Å². The van der Waals surface area contributed by atoms with Crippen molar-refractivity contribution in [2.24, 2.45) is 5.92 Å². The van der Waals surface area contributed by atoms with Crippen molar-refractivity contribution in [2.75, 3.05) is 26.3 Å². The summed E-state index contributed by atoms with van der Waals surface area (Å²) in [5, 5.41) is 0. The molecular weight excluding hydrogens is 380 g/mol. The average molecular weight is 415 g/mol. The van der Waals surface area contributed by atoms with Crippen molar-refractivity contribution in [3.8, 4) is 0 Å². The van der Waals surface area contributed by atoms with Crippen molar-refractivity contribution < 1.29 is 19.1 Å². The lowest BCUT2D eigenvalue weighted by Crippen LogP contribution is -2.53. The van der Waals surface area contributed by atoms with Crippen molar-refractivity contribution in [3.63, 3.8) is 0 Å². The standard InChI is InChI=1S/C24H34N2O4/c1-3-29-24(30-4-2)21-12-8-14-26(21)23(28)20-11-7-13-25(20)22(27)19-15-17-9-5-6-10-18(17)16-19/h5-6,9-10,19-21,24H,3-4,7-8,11-16H2,1-2H3/t20-,21?/m0/s1. The fraction of sp³-hybridized carbons (Fsp3) is 0.667. The number of rotatable bonds is 7. The van der Waals surface area contributed by atoms with E-state index in [1.807, 2.05) is 35.8 Å². The number of carbonyl (C=O) groups is 2. The summed E-state index contributed by atoms with van der Waals surface area (Å²) in [6, 6.07) is 7.90. The zero-order chi connectivity index (χ0) is 21.1. The van der Waals surface area contributed by atoms with Gasteiger partial charge in [-0.25, -0.2) is 0 Å². The molecule has 6 heteroatoms. The van der Waals surface area contributed by atoms with Crippen LogP contribution in [0, 0.1) is 5.92 Å². The normalized spacial score (nSPS) is 24.1. The number of hydrogen-bond donors (Lipinski definition) is 0. The highest BCUT2D eigenvalue weighted by atomic mass is 16.7. The lowest BCUT2D eigenvalue weighted by Gasteiger charge is -2.35. The van der Waals surface area contributed by atoms with Gasteiger partial charge in [0.1, 0.15) is 6.04 Å². The van der Waals surface area contributed by atoms with E-state index in [0.717, 1.165) is 38.5 Å². The highest BCUT2D eigenvalue weighted by molar-refractivity contribution is 5.90. The Balaban J connectivity index is 1.45. The first-order chi connectivity index (χ1) is 14.6. The van der Waals surface area contributed by atoms with Gasteiger partial charge in [-0.15, -0.1) is 0 Å². The molecule has 1 aromatic carbocycles. The molecule has 0 N–H and O–H groups in total. The molecule has 1 aliphatic carbocycles. The smallest absolute Gasteiger partial charge is 0.245 e. The number of fused-ring (bicyclic) bond motifs is 1. The summed E-state index contributed by atoms with van der Waals surface area (Å²) >= 11 is 0. The number of amides is 2. The monoisotopic (exact) mass is 414 g/mol. The lowest BCUT2D eigenvalue weighted by molar-refractivity contribution is -0.177. The van der Waals surface area contributed by atoms with Gasteiger partial charge in [-0.3, -0.25) is 9.59 Å². The van der Waals surface area contributed by atoms with E-state index in [1.54, 1.807) is 0 Å². The molecule has 0 saturated carbocycles. The lowest BCUT2D eigenvalue weighted by atomic mass is 10.0. The van der Waals surface area contributed by atoms with Crippen LogP contribution in [0.4, 0.5) is 0 Å². The molecule has 2 saturated heterocycles. The second-order valence-corrected chi connectivity index (χ2v) is 8.58. The van der Waals surface area contributed by atoms with Crippen molar-refractivity contribution in [1.29, 1.82) is 0 Å². The second kappa shape index (κ2) is 9.48. The predicted molar refractivity (Wildman–Crippen MR) is 114 cm³/mol. The molecule has 2 aliphatic heterocycles. The Bertz CT molecular complexity index is 736. The highest BCUT2D eigenvalue weighted by Gasteiger charge is 2.44. The molecular formula is C24H34N2O4. The van der Waals surface area contributed by atoms with Crippen LogP contribution in [0.25, 0.3) is 0 Å². The number of nitrogens with zero attached hydrogens (tertiary/aromatic N) is 2. The van der Waals surface area contributed by atoms with Crippen LogP contribution in [0.5, 0.6) is 0 Å². The summed E-state index contributed by atoms with van der Waals surface area (Å²) in [7, 11) is 0. The minimum Gasteiger partial charge on any atom is -0.351 e. The van der Waals surface area contributed by atoms with Crippen molar-refractivity contribution in [2.45, 2.75) is 70.7 Å². The number of hydrogen-bond acceptors (Lipinski definition) is 4. The molecule has 2 heterocycles. The van der Waals surface area contributed by atoms with Crippen LogP contribution in [-0.2, 0) is 31.9 Å². The third kappa shape index (κ3) is 4.12. The molecule has 2 amide bonds. The number of likely N-dealkylation sites (tertiary alicyclic amines) is 2. The van der Waals surface area contributed by atoms with Gasteiger partial charge >= 0.3 is 0 Å². The SMILES string of the molecule is CCOC(OCC)C1CCCN1C(=O)[C@@H]1CCCN1C(=O)C1Cc2ccccc2C1. The minimum atomic E-state index is -0.388. The third-order valence-electron chi connectivity index (χ3n) is 6.78. The van der Waals surface area contributed by atoms with Crippen molar-refractivity contribution in [3.05, 3.63) is 35.4 Å². The molecule has 6 nitrogen and oxygen atoms in total. The molecule has 0 radical (unpaired) electrons. The summed E-state index contributed by atoms with van der Waals surface area (Å²) in [6.45, 7) is 6.40. The Morgan fingerprint density at radius 1 is 0.933 bits per heavy atom. The van der Waals surface area contributed by atoms with Gasteiger partial charge in [0.25, 0.3) is 0 Å². The van der Waals surface area contributed by atoms with E-state index >= 15 is 0 Å². The Kier molecular flexibility index (Phi) is 6.74. The van der Waals surface area contributed by atoms with Crippen molar-refractivity contribution >= 4 is 11.8 Å². The van der Waals surface area contributed by atoms with E-state index in [9.17, 15) is 9.59 Å². The topological polar surface area (TPSA) is 59.1 Å². The summed E-state index contributed by atoms with van der Waals surface area (Å²) < 4.78 is 11.6. The molecule has 0 spiro atoms. The Morgan fingerprint density at radius 2 is 1.53 bits per heavy atom. The van der Waals surface area contributed by atoms with Gasteiger partial charge < -0.3 is 19.3 Å². The quantitative estimate of drug-likeness (QED) is 0.644. The maximum atomic E-state index is 13.5. The Hall–Kier alpha value is -1.92. The highest BCUT2D eigenvalue weighted by Crippen LogP contribution is 2.32. The zero-order valence-corrected chi connectivity index (χ0v) is 18.2. The van der Waals surface area contributed by atoms with E-state index in [2.05, 4.69) is 12.1 Å². The predicted octanol–water partition coefficient (Wildman–Crippen LogP) is 2.78. The molecule has 1 aromatic rings. The van der Waals surface area contributed by atoms with Crippen LogP contribution in [-0.4, -0.2) is 66.3 Å². The number of benzene rings is 1. The number of ether oxygens (including phenoxy) is 2. The van der Waals surface area contributed by atoms with Gasteiger partial charge in [-0.1, -0.05) is 24.3 Å². The first-order valence-corrected chi connectivity index (χ1v) is 11.5. The average Bonchev–Trinajstić information content (AvgIpc) is 3.51. The molecule has 0 aromatic heterocycles. The third-order valence-corrected chi connectivity index (χ3v) is 6.78. The van der Waals surface area contributed by atoms with Gasteiger partial charge in [0, 0.05) is 32.2 Å². The fourth-order valence-corrected chi connectivity index (χ4v) is 5.39. The molecule has 3 aliphatic rings. The maximum absolute atomic E-state index is 13.5. The van der Waals surface area contributed by atoms with Crippen LogP contribution in [0.3, 0.4) is 0 Å². The zero-order valence-electron chi connectivity index (χ0n) is 18.2. The van der Waals surface area contributed by atoms with Crippen molar-refractivity contribution in [1.82, 2.24) is 9.80 Å². The molecule has 4 rings (SSSR count). The van der Waals surface area contributed by atoms with Crippen LogP contribution in [0.15, 0.2) is 24.3 Å². The molecule has 2 atom stereocenters. The molecule has 2 fully saturated rings. The second-order valence-electron chi connectivity index (χ2n) is 8.58. The first kappa shape index (κ1) is 21.3. The Labute approximate surface area is 179 Å². The van der Waals surface area contributed by atoms with Gasteiger partial charge in [-0.2, -0.15) is 0 Å². The number of carbonyl (C=O) groups excluding carboxylic acids is 2. The molecule has 1 unspecified atom stereocenters. The van der Waals surface area contributed by atoms with E-state index in [0.29, 0.717) is 26.3 Å². The van der Waals surface area contributed by atoms with Gasteiger partial charge in [0.2, 0.25) is 11.8 Å². The van der Waals surface area contributed by atoms with E-state index in [-0.39, 0.29) is 36.1 Å². The Morgan fingerprint density at radius 3 is 2.17 bits per heavy atom. The fourth-order valence-electron chi connectivity index (χ4n) is 5.39. The van der Waals surface area contributed by atoms with E-state index in [1.165, 1.54) is 11.1 Å². The van der Waals surface area contributed by atoms with E-state index in [4.69, 9.17) is 9.47 Å². The van der Waals surface area contributed by atoms with Gasteiger partial charge in [-0.05, 0) is 63.5 Å². The van der Waals surface area contributed by atoms with Crippen LogP contribution < -0.4 is 0 Å². The first-order valence-electron chi connectivity index (χ1n) is 11.5.